The van der Waals surface area contributed by atoms with Gasteiger partial charge in [0.2, 0.25) is 0 Å². The van der Waals surface area contributed by atoms with Crippen molar-refractivity contribution in [3.8, 4) is 0 Å². The number of aryl methyl sites for hydroxylation is 1. The third kappa shape index (κ3) is 1.42. The van der Waals surface area contributed by atoms with Gasteiger partial charge < -0.3 is 15.0 Å². The lowest BCUT2D eigenvalue weighted by molar-refractivity contribution is 0.0907. The van der Waals surface area contributed by atoms with Crippen molar-refractivity contribution in [3.05, 3.63) is 23.5 Å². The second kappa shape index (κ2) is 3.46. The van der Waals surface area contributed by atoms with E-state index in [0.29, 0.717) is 18.7 Å². The van der Waals surface area contributed by atoms with E-state index in [0.717, 1.165) is 5.56 Å². The SMILES string of the molecule is Cc1cc2n(c1)C(CCO)CNC2=O. The van der Waals surface area contributed by atoms with Crippen molar-refractivity contribution < 1.29 is 9.90 Å². The molecule has 2 N–H and O–H groups in total. The number of aliphatic hydroxyl groups is 1. The van der Waals surface area contributed by atoms with Crippen molar-refractivity contribution in [3.63, 3.8) is 0 Å². The van der Waals surface area contributed by atoms with Crippen LogP contribution in [0, 0.1) is 6.92 Å². The summed E-state index contributed by atoms with van der Waals surface area (Å²) >= 11 is 0. The molecule has 1 aliphatic rings. The summed E-state index contributed by atoms with van der Waals surface area (Å²) < 4.78 is 1.96. The van der Waals surface area contributed by atoms with E-state index in [-0.39, 0.29) is 18.6 Å². The summed E-state index contributed by atoms with van der Waals surface area (Å²) in [5, 5.41) is 11.7. The van der Waals surface area contributed by atoms with E-state index >= 15 is 0 Å². The molecule has 1 atom stereocenters. The summed E-state index contributed by atoms with van der Waals surface area (Å²) in [4.78, 5) is 11.5. The quantitative estimate of drug-likeness (QED) is 0.718. The fourth-order valence-electron chi connectivity index (χ4n) is 1.89. The predicted molar refractivity (Wildman–Crippen MR) is 52.2 cm³/mol. The second-order valence-electron chi connectivity index (χ2n) is 3.69. The number of rotatable bonds is 2. The monoisotopic (exact) mass is 194 g/mol. The van der Waals surface area contributed by atoms with E-state index in [1.165, 1.54) is 0 Å². The van der Waals surface area contributed by atoms with Crippen LogP contribution in [-0.4, -0.2) is 28.7 Å². The highest BCUT2D eigenvalue weighted by atomic mass is 16.3. The maximum absolute atomic E-state index is 11.5. The van der Waals surface area contributed by atoms with Crippen LogP contribution in [0.3, 0.4) is 0 Å². The molecule has 0 aliphatic carbocycles. The van der Waals surface area contributed by atoms with Gasteiger partial charge in [0.05, 0.1) is 6.04 Å². The lowest BCUT2D eigenvalue weighted by Crippen LogP contribution is -2.38. The molecular formula is C10H14N2O2. The lowest BCUT2D eigenvalue weighted by Gasteiger charge is -2.25. The molecule has 0 aromatic carbocycles. The van der Waals surface area contributed by atoms with Crippen molar-refractivity contribution in [2.24, 2.45) is 0 Å². The molecule has 76 valence electrons. The number of hydrogen-bond donors (Lipinski definition) is 2. The van der Waals surface area contributed by atoms with Gasteiger partial charge in [-0.05, 0) is 25.0 Å². The zero-order valence-electron chi connectivity index (χ0n) is 8.16. The molecule has 1 amide bonds. The standard InChI is InChI=1S/C10H14N2O2/c1-7-4-9-10(14)11-5-8(2-3-13)12(9)6-7/h4,6,8,13H,2-3,5H2,1H3,(H,11,14). The number of nitrogens with one attached hydrogen (secondary N) is 1. The van der Waals surface area contributed by atoms with E-state index in [4.69, 9.17) is 5.11 Å². The Morgan fingerprint density at radius 2 is 2.50 bits per heavy atom. The van der Waals surface area contributed by atoms with Crippen LogP contribution in [0.25, 0.3) is 0 Å². The first-order valence-electron chi connectivity index (χ1n) is 4.80. The van der Waals surface area contributed by atoms with E-state index in [2.05, 4.69) is 5.32 Å². The molecule has 2 heterocycles. The Morgan fingerprint density at radius 3 is 3.21 bits per heavy atom. The average Bonchev–Trinajstić information content (AvgIpc) is 2.53. The van der Waals surface area contributed by atoms with Crippen LogP contribution >= 0.6 is 0 Å². The fourth-order valence-corrected chi connectivity index (χ4v) is 1.89. The first-order chi connectivity index (χ1) is 6.72. The van der Waals surface area contributed by atoms with Crippen molar-refractivity contribution in [1.82, 2.24) is 9.88 Å². The number of amides is 1. The van der Waals surface area contributed by atoms with Gasteiger partial charge in [0, 0.05) is 19.3 Å². The molecule has 0 fully saturated rings. The van der Waals surface area contributed by atoms with E-state index in [9.17, 15) is 4.79 Å². The Bertz CT molecular complexity index is 357. The molecule has 0 bridgehead atoms. The Balaban J connectivity index is 2.36. The smallest absolute Gasteiger partial charge is 0.267 e. The Hall–Kier alpha value is -1.29. The minimum absolute atomic E-state index is 0.0210. The van der Waals surface area contributed by atoms with Crippen molar-refractivity contribution >= 4 is 5.91 Å². The second-order valence-corrected chi connectivity index (χ2v) is 3.69. The molecule has 1 aromatic rings. The van der Waals surface area contributed by atoms with Crippen LogP contribution in [0.4, 0.5) is 0 Å². The molecule has 14 heavy (non-hydrogen) atoms. The lowest BCUT2D eigenvalue weighted by atomic mass is 10.1. The fraction of sp³-hybridized carbons (Fsp3) is 0.500. The van der Waals surface area contributed by atoms with Gasteiger partial charge in [-0.15, -0.1) is 0 Å². The minimum Gasteiger partial charge on any atom is -0.396 e. The van der Waals surface area contributed by atoms with Crippen LogP contribution in [0.2, 0.25) is 0 Å². The summed E-state index contributed by atoms with van der Waals surface area (Å²) in [5.41, 5.74) is 1.78. The molecular weight excluding hydrogens is 180 g/mol. The molecule has 2 rings (SSSR count). The van der Waals surface area contributed by atoms with Crippen LogP contribution in [0.1, 0.15) is 28.5 Å². The Kier molecular flexibility index (Phi) is 2.29. The van der Waals surface area contributed by atoms with Crippen LogP contribution in [0.15, 0.2) is 12.3 Å². The van der Waals surface area contributed by atoms with Gasteiger partial charge in [-0.2, -0.15) is 0 Å². The maximum atomic E-state index is 11.5. The van der Waals surface area contributed by atoms with E-state index in [1.54, 1.807) is 0 Å². The summed E-state index contributed by atoms with van der Waals surface area (Å²) in [6.07, 6.45) is 2.65. The first-order valence-corrected chi connectivity index (χ1v) is 4.80. The number of carbonyl (C=O) groups is 1. The highest BCUT2D eigenvalue weighted by molar-refractivity contribution is 5.93. The number of hydrogen-bond acceptors (Lipinski definition) is 2. The summed E-state index contributed by atoms with van der Waals surface area (Å²) in [5.74, 6) is -0.0210. The number of carbonyl (C=O) groups excluding carboxylic acids is 1. The van der Waals surface area contributed by atoms with Gasteiger partial charge in [0.15, 0.2) is 0 Å². The molecule has 0 saturated heterocycles. The number of aromatic nitrogens is 1. The topological polar surface area (TPSA) is 54.3 Å². The zero-order chi connectivity index (χ0) is 10.1. The van der Waals surface area contributed by atoms with Gasteiger partial charge in [-0.1, -0.05) is 0 Å². The zero-order valence-corrected chi connectivity index (χ0v) is 8.16. The minimum atomic E-state index is -0.0210. The van der Waals surface area contributed by atoms with Crippen molar-refractivity contribution in [2.45, 2.75) is 19.4 Å². The van der Waals surface area contributed by atoms with E-state index < -0.39 is 0 Å². The van der Waals surface area contributed by atoms with Crippen molar-refractivity contribution in [2.75, 3.05) is 13.2 Å². The Morgan fingerprint density at radius 1 is 1.71 bits per heavy atom. The van der Waals surface area contributed by atoms with Gasteiger partial charge in [0.25, 0.3) is 5.91 Å². The highest BCUT2D eigenvalue weighted by Crippen LogP contribution is 2.20. The number of fused-ring (bicyclic) bond motifs is 1. The third-order valence-corrected chi connectivity index (χ3v) is 2.57. The molecule has 4 heteroatoms. The van der Waals surface area contributed by atoms with Gasteiger partial charge in [-0.25, -0.2) is 0 Å². The number of nitrogens with zero attached hydrogens (tertiary/aromatic N) is 1. The molecule has 0 spiro atoms. The van der Waals surface area contributed by atoms with Crippen LogP contribution < -0.4 is 5.32 Å². The molecule has 0 radical (unpaired) electrons. The Labute approximate surface area is 82.5 Å². The van der Waals surface area contributed by atoms with Gasteiger partial charge >= 0.3 is 0 Å². The summed E-state index contributed by atoms with van der Waals surface area (Å²) in [6.45, 7) is 2.73. The highest BCUT2D eigenvalue weighted by Gasteiger charge is 2.24. The van der Waals surface area contributed by atoms with E-state index in [1.807, 2.05) is 23.8 Å². The summed E-state index contributed by atoms with van der Waals surface area (Å²) in [7, 11) is 0. The predicted octanol–water partition coefficient (Wildman–Crippen LogP) is 0.463. The third-order valence-electron chi connectivity index (χ3n) is 2.57. The molecule has 0 saturated carbocycles. The maximum Gasteiger partial charge on any atom is 0.267 e. The molecule has 1 aromatic heterocycles. The van der Waals surface area contributed by atoms with Crippen molar-refractivity contribution in [1.29, 1.82) is 0 Å². The van der Waals surface area contributed by atoms with Crippen LogP contribution in [0.5, 0.6) is 0 Å². The largest absolute Gasteiger partial charge is 0.396 e. The van der Waals surface area contributed by atoms with Gasteiger partial charge in [0.1, 0.15) is 5.69 Å². The van der Waals surface area contributed by atoms with Gasteiger partial charge in [-0.3, -0.25) is 4.79 Å². The van der Waals surface area contributed by atoms with Crippen LogP contribution in [-0.2, 0) is 0 Å². The number of aliphatic hydroxyl groups excluding tert-OH is 1. The summed E-state index contributed by atoms with van der Waals surface area (Å²) in [6, 6.07) is 2.07. The average molecular weight is 194 g/mol. The molecule has 1 unspecified atom stereocenters. The first kappa shape index (κ1) is 9.27. The molecule has 4 nitrogen and oxygen atoms in total. The normalized spacial score (nSPS) is 20.4. The molecule has 1 aliphatic heterocycles.